The molecule has 0 N–H and O–H groups in total. The zero-order valence-corrected chi connectivity index (χ0v) is 19.3. The van der Waals surface area contributed by atoms with Crippen LogP contribution < -0.4 is 4.90 Å². The number of carbonyl (C=O) groups excluding carboxylic acids is 1. The first-order valence-corrected chi connectivity index (χ1v) is 12.1. The third-order valence-electron chi connectivity index (χ3n) is 5.51. The number of hydrogen-bond donors (Lipinski definition) is 0. The van der Waals surface area contributed by atoms with E-state index in [4.69, 9.17) is 9.72 Å². The fraction of sp³-hybridized carbons (Fsp3) is 0.348. The number of morpholine rings is 1. The maximum Gasteiger partial charge on any atom is 0.289 e. The van der Waals surface area contributed by atoms with Gasteiger partial charge >= 0.3 is 0 Å². The topological polar surface area (TPSA) is 58.6 Å². The van der Waals surface area contributed by atoms with Gasteiger partial charge in [0.2, 0.25) is 0 Å². The highest BCUT2D eigenvalue weighted by molar-refractivity contribution is 7.23. The molecule has 1 aliphatic heterocycles. The van der Waals surface area contributed by atoms with Gasteiger partial charge in [0, 0.05) is 26.2 Å². The lowest BCUT2D eigenvalue weighted by Crippen LogP contribution is -2.43. The Bertz CT molecular complexity index is 1210. The lowest BCUT2D eigenvalue weighted by molar-refractivity contribution is 0.0391. The third kappa shape index (κ3) is 4.21. The minimum Gasteiger partial charge on any atom is -0.379 e. The average molecular weight is 453 g/mol. The van der Waals surface area contributed by atoms with E-state index in [1.54, 1.807) is 11.3 Å². The van der Waals surface area contributed by atoms with Crippen molar-refractivity contribution in [3.05, 3.63) is 52.5 Å². The van der Waals surface area contributed by atoms with Crippen LogP contribution in [0.4, 0.5) is 5.13 Å². The van der Waals surface area contributed by atoms with E-state index in [9.17, 15) is 4.79 Å². The molecule has 5 rings (SSSR count). The van der Waals surface area contributed by atoms with Gasteiger partial charge in [-0.25, -0.2) is 9.97 Å². The summed E-state index contributed by atoms with van der Waals surface area (Å²) in [6.45, 7) is 8.80. The molecule has 4 aromatic rings. The Morgan fingerprint density at radius 3 is 2.71 bits per heavy atom. The summed E-state index contributed by atoms with van der Waals surface area (Å²) in [5, 5.41) is 1.25. The molecule has 6 nitrogen and oxygen atoms in total. The van der Waals surface area contributed by atoms with Gasteiger partial charge < -0.3 is 4.74 Å². The standard InChI is InChI=1S/C23H24N4O2S2/c1-15-13-16(2)20-18(14-15)25-23(31-20)27(8-7-26-9-11-29-12-10-26)22(28)21-24-17-5-3-4-6-19(17)30-21/h3-6,13-14H,7-12H2,1-2H3. The molecule has 1 amide bonds. The molecule has 0 atom stereocenters. The van der Waals surface area contributed by atoms with Crippen molar-refractivity contribution in [1.29, 1.82) is 0 Å². The largest absolute Gasteiger partial charge is 0.379 e. The van der Waals surface area contributed by atoms with Crippen molar-refractivity contribution in [2.75, 3.05) is 44.3 Å². The highest BCUT2D eigenvalue weighted by Gasteiger charge is 2.25. The van der Waals surface area contributed by atoms with Crippen LogP contribution in [0.3, 0.4) is 0 Å². The minimum absolute atomic E-state index is 0.0807. The monoisotopic (exact) mass is 452 g/mol. The van der Waals surface area contributed by atoms with Gasteiger partial charge in [-0.3, -0.25) is 14.6 Å². The van der Waals surface area contributed by atoms with E-state index in [1.165, 1.54) is 22.5 Å². The molecule has 3 heterocycles. The van der Waals surface area contributed by atoms with Gasteiger partial charge in [0.15, 0.2) is 10.1 Å². The number of para-hydroxylation sites is 1. The second kappa shape index (κ2) is 8.63. The van der Waals surface area contributed by atoms with Crippen LogP contribution in [-0.2, 0) is 4.74 Å². The van der Waals surface area contributed by atoms with E-state index in [2.05, 4.69) is 35.9 Å². The smallest absolute Gasteiger partial charge is 0.289 e. The summed E-state index contributed by atoms with van der Waals surface area (Å²) in [7, 11) is 0. The minimum atomic E-state index is -0.0807. The van der Waals surface area contributed by atoms with Crippen LogP contribution >= 0.6 is 22.7 Å². The van der Waals surface area contributed by atoms with E-state index in [1.807, 2.05) is 29.2 Å². The van der Waals surface area contributed by atoms with Crippen molar-refractivity contribution in [3.63, 3.8) is 0 Å². The number of anilines is 1. The van der Waals surface area contributed by atoms with E-state index >= 15 is 0 Å². The van der Waals surface area contributed by atoms with Crippen molar-refractivity contribution in [2.24, 2.45) is 0 Å². The Kier molecular flexibility index (Phi) is 5.71. The summed E-state index contributed by atoms with van der Waals surface area (Å²) < 4.78 is 7.62. The zero-order chi connectivity index (χ0) is 21.4. The van der Waals surface area contributed by atoms with Gasteiger partial charge in [-0.1, -0.05) is 29.5 Å². The molecule has 31 heavy (non-hydrogen) atoms. The number of ether oxygens (including phenoxy) is 1. The Labute approximate surface area is 189 Å². The molecule has 0 unspecified atom stereocenters. The molecule has 1 fully saturated rings. The second-order valence-corrected chi connectivity index (χ2v) is 9.83. The van der Waals surface area contributed by atoms with Gasteiger partial charge in [-0.05, 0) is 43.2 Å². The van der Waals surface area contributed by atoms with Gasteiger partial charge in [0.1, 0.15) is 0 Å². The summed E-state index contributed by atoms with van der Waals surface area (Å²) in [5.74, 6) is -0.0807. The lowest BCUT2D eigenvalue weighted by atomic mass is 10.1. The van der Waals surface area contributed by atoms with Crippen molar-refractivity contribution in [3.8, 4) is 0 Å². The number of aryl methyl sites for hydroxylation is 2. The summed E-state index contributed by atoms with van der Waals surface area (Å²) >= 11 is 3.03. The van der Waals surface area contributed by atoms with Crippen LogP contribution in [0.25, 0.3) is 20.4 Å². The molecule has 0 radical (unpaired) electrons. The van der Waals surface area contributed by atoms with Crippen LogP contribution in [0, 0.1) is 13.8 Å². The highest BCUT2D eigenvalue weighted by atomic mass is 32.1. The molecule has 0 bridgehead atoms. The van der Waals surface area contributed by atoms with Crippen LogP contribution in [0.1, 0.15) is 20.9 Å². The number of aromatic nitrogens is 2. The number of carbonyl (C=O) groups is 1. The quantitative estimate of drug-likeness (QED) is 0.446. The number of hydrogen-bond acceptors (Lipinski definition) is 7. The summed E-state index contributed by atoms with van der Waals surface area (Å²) in [6, 6.07) is 12.1. The molecular formula is C23H24N4O2S2. The van der Waals surface area contributed by atoms with Crippen LogP contribution in [0.5, 0.6) is 0 Å². The number of fused-ring (bicyclic) bond motifs is 2. The summed E-state index contributed by atoms with van der Waals surface area (Å²) in [5.41, 5.74) is 4.18. The van der Waals surface area contributed by atoms with Crippen molar-refractivity contribution < 1.29 is 9.53 Å². The summed E-state index contributed by atoms with van der Waals surface area (Å²) in [6.07, 6.45) is 0. The predicted octanol–water partition coefficient (Wildman–Crippen LogP) is 4.50. The Morgan fingerprint density at radius 2 is 1.90 bits per heavy atom. The third-order valence-corrected chi connectivity index (χ3v) is 7.76. The van der Waals surface area contributed by atoms with Gasteiger partial charge in [0.05, 0.1) is 33.6 Å². The first-order valence-electron chi connectivity index (χ1n) is 10.4. The van der Waals surface area contributed by atoms with Crippen LogP contribution in [0.2, 0.25) is 0 Å². The van der Waals surface area contributed by atoms with Crippen molar-refractivity contribution in [1.82, 2.24) is 14.9 Å². The lowest BCUT2D eigenvalue weighted by Gasteiger charge is -2.28. The molecule has 1 saturated heterocycles. The molecular weight excluding hydrogens is 428 g/mol. The Balaban J connectivity index is 1.50. The maximum absolute atomic E-state index is 13.6. The normalized spacial score (nSPS) is 15.0. The predicted molar refractivity (Wildman–Crippen MR) is 128 cm³/mol. The maximum atomic E-state index is 13.6. The molecule has 0 aliphatic carbocycles. The molecule has 160 valence electrons. The second-order valence-electron chi connectivity index (χ2n) is 7.82. The molecule has 1 aliphatic rings. The molecule has 0 saturated carbocycles. The first kappa shape index (κ1) is 20.5. The Morgan fingerprint density at radius 1 is 1.10 bits per heavy atom. The highest BCUT2D eigenvalue weighted by Crippen LogP contribution is 2.33. The van der Waals surface area contributed by atoms with E-state index in [0.29, 0.717) is 11.6 Å². The van der Waals surface area contributed by atoms with E-state index in [-0.39, 0.29) is 5.91 Å². The summed E-state index contributed by atoms with van der Waals surface area (Å²) in [4.78, 5) is 27.2. The SMILES string of the molecule is Cc1cc(C)c2sc(N(CCN3CCOCC3)C(=O)c3nc4ccccc4s3)nc2c1. The first-order chi connectivity index (χ1) is 15.1. The number of benzene rings is 2. The molecule has 2 aromatic carbocycles. The van der Waals surface area contributed by atoms with Crippen LogP contribution in [0.15, 0.2) is 36.4 Å². The van der Waals surface area contributed by atoms with Crippen molar-refractivity contribution in [2.45, 2.75) is 13.8 Å². The fourth-order valence-electron chi connectivity index (χ4n) is 3.91. The number of amides is 1. The van der Waals surface area contributed by atoms with Gasteiger partial charge in [-0.2, -0.15) is 0 Å². The molecule has 0 spiro atoms. The molecule has 2 aromatic heterocycles. The number of nitrogens with zero attached hydrogens (tertiary/aromatic N) is 4. The van der Waals surface area contributed by atoms with Gasteiger partial charge in [0.25, 0.3) is 5.91 Å². The average Bonchev–Trinajstić information content (AvgIpc) is 3.39. The van der Waals surface area contributed by atoms with E-state index < -0.39 is 0 Å². The molecule has 8 heteroatoms. The zero-order valence-electron chi connectivity index (χ0n) is 17.6. The van der Waals surface area contributed by atoms with E-state index in [0.717, 1.165) is 58.4 Å². The number of rotatable bonds is 5. The van der Waals surface area contributed by atoms with Crippen molar-refractivity contribution >= 4 is 54.1 Å². The Hall–Kier alpha value is -2.39. The number of thiazole rings is 2. The van der Waals surface area contributed by atoms with Gasteiger partial charge in [-0.15, -0.1) is 11.3 Å². The fourth-order valence-corrected chi connectivity index (χ4v) is 5.86. The van der Waals surface area contributed by atoms with Crippen LogP contribution in [-0.4, -0.2) is 60.2 Å².